The summed E-state index contributed by atoms with van der Waals surface area (Å²) in [6.07, 6.45) is 0.590. The summed E-state index contributed by atoms with van der Waals surface area (Å²) in [6, 6.07) is 0. The van der Waals surface area contributed by atoms with E-state index in [1.807, 2.05) is 20.8 Å². The van der Waals surface area contributed by atoms with Gasteiger partial charge in [-0.15, -0.1) is 11.3 Å². The maximum Gasteiger partial charge on any atom is 0.161 e. The molecule has 0 aromatic carbocycles. The summed E-state index contributed by atoms with van der Waals surface area (Å²) in [4.78, 5) is 4.34. The molecular formula is C13H21NO4S2. The van der Waals surface area contributed by atoms with Gasteiger partial charge in [-0.2, -0.15) is 0 Å². The highest BCUT2D eigenvalue weighted by molar-refractivity contribution is 7.91. The predicted octanol–water partition coefficient (Wildman–Crippen LogP) is 2.16. The molecule has 0 bridgehead atoms. The van der Waals surface area contributed by atoms with Crippen molar-refractivity contribution in [3.63, 3.8) is 0 Å². The van der Waals surface area contributed by atoms with E-state index in [0.29, 0.717) is 31.9 Å². The van der Waals surface area contributed by atoms with Gasteiger partial charge in [0.2, 0.25) is 0 Å². The van der Waals surface area contributed by atoms with E-state index in [-0.39, 0.29) is 16.6 Å². The van der Waals surface area contributed by atoms with Crippen molar-refractivity contribution in [3.8, 4) is 0 Å². The topological polar surface area (TPSA) is 65.5 Å². The second-order valence-electron chi connectivity index (χ2n) is 5.93. The van der Waals surface area contributed by atoms with E-state index in [0.717, 1.165) is 5.01 Å². The molecule has 0 amide bonds. The van der Waals surface area contributed by atoms with Crippen LogP contribution in [0.1, 0.15) is 37.9 Å². The lowest BCUT2D eigenvalue weighted by atomic mass is 10.2. The first-order chi connectivity index (χ1) is 9.26. The molecule has 1 aliphatic heterocycles. The fourth-order valence-corrected chi connectivity index (χ4v) is 4.25. The minimum Gasteiger partial charge on any atom is -0.380 e. The smallest absolute Gasteiger partial charge is 0.161 e. The Morgan fingerprint density at radius 2 is 2.25 bits per heavy atom. The fraction of sp³-hybridized carbons (Fsp3) is 0.769. The Morgan fingerprint density at radius 1 is 1.50 bits per heavy atom. The molecule has 0 N–H and O–H groups in total. The lowest BCUT2D eigenvalue weighted by Crippen LogP contribution is -2.23. The molecule has 0 saturated carbocycles. The fourth-order valence-electron chi connectivity index (χ4n) is 1.88. The van der Waals surface area contributed by atoms with E-state index >= 15 is 0 Å². The number of nitrogens with zero attached hydrogens (tertiary/aromatic N) is 1. The summed E-state index contributed by atoms with van der Waals surface area (Å²) >= 11 is 1.44. The van der Waals surface area contributed by atoms with Gasteiger partial charge in [-0.3, -0.25) is 0 Å². The molecule has 7 heteroatoms. The van der Waals surface area contributed by atoms with Crippen LogP contribution in [0.2, 0.25) is 0 Å². The highest BCUT2D eigenvalue weighted by Crippen LogP contribution is 2.21. The SMILES string of the molecule is CC(C)(C)OCc1nc(CS(=O)(=O)C2CCOC2)cs1. The summed E-state index contributed by atoms with van der Waals surface area (Å²) in [6.45, 7) is 7.20. The molecule has 1 saturated heterocycles. The van der Waals surface area contributed by atoms with Crippen molar-refractivity contribution >= 4 is 21.2 Å². The van der Waals surface area contributed by atoms with Gasteiger partial charge in [0.1, 0.15) is 5.01 Å². The van der Waals surface area contributed by atoms with Gasteiger partial charge in [-0.1, -0.05) is 0 Å². The Labute approximate surface area is 124 Å². The van der Waals surface area contributed by atoms with Crippen LogP contribution in [0, 0.1) is 0 Å². The summed E-state index contributed by atoms with van der Waals surface area (Å²) < 4.78 is 35.1. The van der Waals surface area contributed by atoms with Crippen molar-refractivity contribution in [3.05, 3.63) is 16.1 Å². The molecule has 5 nitrogen and oxygen atoms in total. The zero-order chi connectivity index (χ0) is 14.8. The molecule has 1 aromatic heterocycles. The van der Waals surface area contributed by atoms with Crippen molar-refractivity contribution < 1.29 is 17.9 Å². The highest BCUT2D eigenvalue weighted by atomic mass is 32.2. The minimum absolute atomic E-state index is 0.00690. The van der Waals surface area contributed by atoms with E-state index in [4.69, 9.17) is 9.47 Å². The Kier molecular flexibility index (Phi) is 4.84. The molecule has 0 aliphatic carbocycles. The van der Waals surface area contributed by atoms with Gasteiger partial charge in [0, 0.05) is 12.0 Å². The minimum atomic E-state index is -3.16. The van der Waals surface area contributed by atoms with E-state index in [1.165, 1.54) is 11.3 Å². The number of hydrogen-bond acceptors (Lipinski definition) is 6. The first-order valence-corrected chi connectivity index (χ1v) is 9.22. The quantitative estimate of drug-likeness (QED) is 0.832. The molecule has 1 aliphatic rings. The normalized spacial score (nSPS) is 20.4. The van der Waals surface area contributed by atoms with E-state index in [1.54, 1.807) is 5.38 Å². The van der Waals surface area contributed by atoms with Crippen molar-refractivity contribution in [1.82, 2.24) is 4.98 Å². The summed E-state index contributed by atoms with van der Waals surface area (Å²) in [7, 11) is -3.16. The van der Waals surface area contributed by atoms with Crippen LogP contribution in [0.3, 0.4) is 0 Å². The van der Waals surface area contributed by atoms with Crippen molar-refractivity contribution in [2.24, 2.45) is 0 Å². The summed E-state index contributed by atoms with van der Waals surface area (Å²) in [5.41, 5.74) is 0.383. The molecule has 0 spiro atoms. The van der Waals surface area contributed by atoms with Crippen LogP contribution in [-0.4, -0.2) is 37.5 Å². The monoisotopic (exact) mass is 319 g/mol. The Balaban J connectivity index is 1.95. The molecule has 2 heterocycles. The number of hydrogen-bond donors (Lipinski definition) is 0. The van der Waals surface area contributed by atoms with Gasteiger partial charge < -0.3 is 9.47 Å². The number of ether oxygens (including phenoxy) is 2. The van der Waals surface area contributed by atoms with Gasteiger partial charge in [0.25, 0.3) is 0 Å². The van der Waals surface area contributed by atoms with Gasteiger partial charge in [-0.25, -0.2) is 13.4 Å². The second-order valence-corrected chi connectivity index (χ2v) is 9.15. The van der Waals surface area contributed by atoms with Gasteiger partial charge in [-0.05, 0) is 27.2 Å². The van der Waals surface area contributed by atoms with Gasteiger partial charge in [0.05, 0.1) is 35.5 Å². The van der Waals surface area contributed by atoms with Crippen molar-refractivity contribution in [2.45, 2.75) is 50.4 Å². The Bertz CT molecular complexity index is 539. The van der Waals surface area contributed by atoms with E-state index in [2.05, 4.69) is 4.98 Å². The number of rotatable bonds is 5. The molecule has 1 fully saturated rings. The van der Waals surface area contributed by atoms with E-state index < -0.39 is 9.84 Å². The molecule has 1 unspecified atom stereocenters. The van der Waals surface area contributed by atoms with Crippen LogP contribution >= 0.6 is 11.3 Å². The number of aromatic nitrogens is 1. The molecule has 1 aromatic rings. The molecule has 20 heavy (non-hydrogen) atoms. The maximum absolute atomic E-state index is 12.2. The maximum atomic E-state index is 12.2. The van der Waals surface area contributed by atoms with Crippen LogP contribution in [-0.2, 0) is 31.7 Å². The van der Waals surface area contributed by atoms with Crippen LogP contribution in [0.25, 0.3) is 0 Å². The van der Waals surface area contributed by atoms with Gasteiger partial charge in [0.15, 0.2) is 9.84 Å². The van der Waals surface area contributed by atoms with Crippen molar-refractivity contribution in [2.75, 3.05) is 13.2 Å². The largest absolute Gasteiger partial charge is 0.380 e. The molecule has 1 atom stereocenters. The van der Waals surface area contributed by atoms with Crippen molar-refractivity contribution in [1.29, 1.82) is 0 Å². The standard InChI is InChI=1S/C13H21NO4S2/c1-13(2,3)18-7-12-14-10(8-19-12)9-20(15,16)11-4-5-17-6-11/h8,11H,4-7,9H2,1-3H3. The predicted molar refractivity (Wildman–Crippen MR) is 78.5 cm³/mol. The molecule has 2 rings (SSSR count). The van der Waals surface area contributed by atoms with Crippen LogP contribution < -0.4 is 0 Å². The lowest BCUT2D eigenvalue weighted by Gasteiger charge is -2.18. The average molecular weight is 319 g/mol. The number of sulfone groups is 1. The Hall–Kier alpha value is -0.500. The zero-order valence-electron chi connectivity index (χ0n) is 12.1. The second kappa shape index (κ2) is 6.09. The third-order valence-corrected chi connectivity index (χ3v) is 5.93. The molecular weight excluding hydrogens is 298 g/mol. The average Bonchev–Trinajstić information content (AvgIpc) is 2.95. The molecule has 114 valence electrons. The first kappa shape index (κ1) is 15.9. The van der Waals surface area contributed by atoms with E-state index in [9.17, 15) is 8.42 Å². The first-order valence-electron chi connectivity index (χ1n) is 6.63. The molecule has 0 radical (unpaired) electrons. The van der Waals surface area contributed by atoms with Gasteiger partial charge >= 0.3 is 0 Å². The summed E-state index contributed by atoms with van der Waals surface area (Å²) in [5.74, 6) is -0.00690. The summed E-state index contributed by atoms with van der Waals surface area (Å²) in [5, 5.41) is 2.24. The van der Waals surface area contributed by atoms with Crippen LogP contribution in [0.15, 0.2) is 5.38 Å². The third kappa shape index (κ3) is 4.51. The van der Waals surface area contributed by atoms with Crippen LogP contribution in [0.5, 0.6) is 0 Å². The zero-order valence-corrected chi connectivity index (χ0v) is 13.7. The number of thiazole rings is 1. The third-order valence-electron chi connectivity index (χ3n) is 2.97. The Morgan fingerprint density at radius 3 is 2.85 bits per heavy atom. The highest BCUT2D eigenvalue weighted by Gasteiger charge is 2.30. The van der Waals surface area contributed by atoms with Crippen LogP contribution in [0.4, 0.5) is 0 Å². The lowest BCUT2D eigenvalue weighted by molar-refractivity contribution is -0.0150.